The van der Waals surface area contributed by atoms with E-state index >= 15 is 0 Å². The standard InChI is InChI=1S/C24H24F6N2O4/c1-13-10-32(14(2)11-33)22(35)18-4-3-5-19(21(18)36-12-13)31-20(34)8-15-6-16(23(25,26)27)9-17(7-15)24(28,29)30/h3-7,9,13-14,33H,8,10-12H2,1-2H3,(H,31,34)/t13-,14+/m1/s1. The molecule has 0 aliphatic carbocycles. The average molecular weight is 518 g/mol. The molecule has 2 N–H and O–H groups in total. The number of halogens is 6. The largest absolute Gasteiger partial charge is 0.490 e. The summed E-state index contributed by atoms with van der Waals surface area (Å²) in [5, 5.41) is 12.0. The van der Waals surface area contributed by atoms with Gasteiger partial charge in [0.25, 0.3) is 5.91 Å². The number of carbonyl (C=O) groups is 2. The van der Waals surface area contributed by atoms with Crippen molar-refractivity contribution in [1.29, 1.82) is 0 Å². The molecule has 0 bridgehead atoms. The van der Waals surface area contributed by atoms with E-state index in [4.69, 9.17) is 4.74 Å². The number of alkyl halides is 6. The van der Waals surface area contributed by atoms with E-state index in [2.05, 4.69) is 5.32 Å². The fraction of sp³-hybridized carbons (Fsp3) is 0.417. The van der Waals surface area contributed by atoms with Crippen molar-refractivity contribution in [3.8, 4) is 5.75 Å². The zero-order valence-electron chi connectivity index (χ0n) is 19.3. The van der Waals surface area contributed by atoms with E-state index in [1.165, 1.54) is 23.1 Å². The lowest BCUT2D eigenvalue weighted by molar-refractivity contribution is -0.143. The van der Waals surface area contributed by atoms with E-state index in [1.54, 1.807) is 6.92 Å². The number of nitrogens with one attached hydrogen (secondary N) is 1. The van der Waals surface area contributed by atoms with Gasteiger partial charge in [-0.05, 0) is 42.8 Å². The minimum atomic E-state index is -5.04. The van der Waals surface area contributed by atoms with Crippen molar-refractivity contribution in [2.75, 3.05) is 25.1 Å². The normalized spacial score (nSPS) is 17.5. The van der Waals surface area contributed by atoms with Gasteiger partial charge in [0, 0.05) is 12.5 Å². The lowest BCUT2D eigenvalue weighted by Gasteiger charge is -2.33. The second-order valence-corrected chi connectivity index (χ2v) is 8.73. The lowest BCUT2D eigenvalue weighted by Crippen LogP contribution is -2.45. The van der Waals surface area contributed by atoms with Crippen LogP contribution in [0.25, 0.3) is 0 Å². The van der Waals surface area contributed by atoms with Crippen molar-refractivity contribution in [3.05, 3.63) is 58.7 Å². The number of anilines is 1. The van der Waals surface area contributed by atoms with E-state index < -0.39 is 53.3 Å². The number of hydrogen-bond acceptors (Lipinski definition) is 4. The topological polar surface area (TPSA) is 78.9 Å². The number of rotatable bonds is 5. The zero-order valence-corrected chi connectivity index (χ0v) is 19.3. The number of para-hydroxylation sites is 1. The molecule has 36 heavy (non-hydrogen) atoms. The van der Waals surface area contributed by atoms with Gasteiger partial charge in [-0.15, -0.1) is 0 Å². The van der Waals surface area contributed by atoms with Crippen LogP contribution in [0.4, 0.5) is 32.0 Å². The second-order valence-electron chi connectivity index (χ2n) is 8.73. The Bertz CT molecular complexity index is 1100. The minimum Gasteiger partial charge on any atom is -0.490 e. The van der Waals surface area contributed by atoms with Gasteiger partial charge in [0.15, 0.2) is 5.75 Å². The first-order valence-electron chi connectivity index (χ1n) is 11.0. The summed E-state index contributed by atoms with van der Waals surface area (Å²) in [6, 6.07) is 4.79. The van der Waals surface area contributed by atoms with Gasteiger partial charge in [0.1, 0.15) is 0 Å². The van der Waals surface area contributed by atoms with Gasteiger partial charge in [-0.1, -0.05) is 13.0 Å². The fourth-order valence-corrected chi connectivity index (χ4v) is 3.79. The summed E-state index contributed by atoms with van der Waals surface area (Å²) in [5.74, 6) is -1.46. The number of hydrogen-bond donors (Lipinski definition) is 2. The summed E-state index contributed by atoms with van der Waals surface area (Å²) in [6.45, 7) is 3.69. The van der Waals surface area contributed by atoms with Crippen molar-refractivity contribution in [3.63, 3.8) is 0 Å². The van der Waals surface area contributed by atoms with Crippen molar-refractivity contribution in [1.82, 2.24) is 4.90 Å². The van der Waals surface area contributed by atoms with Crippen LogP contribution in [-0.4, -0.2) is 47.6 Å². The van der Waals surface area contributed by atoms with E-state index in [-0.39, 0.29) is 42.2 Å². The van der Waals surface area contributed by atoms with E-state index in [0.29, 0.717) is 18.7 Å². The number of ether oxygens (including phenoxy) is 1. The molecule has 2 aromatic carbocycles. The molecule has 0 saturated heterocycles. The third-order valence-electron chi connectivity index (χ3n) is 5.61. The summed E-state index contributed by atoms with van der Waals surface area (Å²) in [7, 11) is 0. The number of fused-ring (bicyclic) bond motifs is 1. The SMILES string of the molecule is C[C@H]1COc2c(NC(=O)Cc3cc(C(F)(F)F)cc(C(F)(F)F)c3)cccc2C(=O)N([C@@H](C)CO)C1. The molecular formula is C24H24F6N2O4. The highest BCUT2D eigenvalue weighted by Crippen LogP contribution is 2.37. The van der Waals surface area contributed by atoms with Crippen LogP contribution in [0.15, 0.2) is 36.4 Å². The first-order valence-corrected chi connectivity index (χ1v) is 11.0. The van der Waals surface area contributed by atoms with Crippen LogP contribution in [0.1, 0.15) is 40.9 Å². The summed E-state index contributed by atoms with van der Waals surface area (Å²) < 4.78 is 84.5. The van der Waals surface area contributed by atoms with Crippen molar-refractivity contribution < 1.29 is 45.8 Å². The van der Waals surface area contributed by atoms with Gasteiger partial charge in [0.05, 0.1) is 48.1 Å². The quantitative estimate of drug-likeness (QED) is 0.560. The molecule has 2 atom stereocenters. The molecule has 0 saturated carbocycles. The number of carbonyl (C=O) groups excluding carboxylic acids is 2. The highest BCUT2D eigenvalue weighted by Gasteiger charge is 2.37. The predicted molar refractivity (Wildman–Crippen MR) is 117 cm³/mol. The molecule has 0 radical (unpaired) electrons. The monoisotopic (exact) mass is 518 g/mol. The van der Waals surface area contributed by atoms with Gasteiger partial charge < -0.3 is 20.1 Å². The summed E-state index contributed by atoms with van der Waals surface area (Å²) in [4.78, 5) is 27.3. The third kappa shape index (κ3) is 6.28. The molecule has 2 amide bonds. The highest BCUT2D eigenvalue weighted by atomic mass is 19.4. The van der Waals surface area contributed by atoms with E-state index in [9.17, 15) is 41.0 Å². The molecule has 1 heterocycles. The average Bonchev–Trinajstić information content (AvgIpc) is 2.78. The number of aliphatic hydroxyl groups is 1. The van der Waals surface area contributed by atoms with Crippen LogP contribution >= 0.6 is 0 Å². The molecule has 0 fully saturated rings. The first kappa shape index (κ1) is 27.3. The Balaban J connectivity index is 1.91. The van der Waals surface area contributed by atoms with Crippen LogP contribution in [0, 0.1) is 5.92 Å². The maximum absolute atomic E-state index is 13.1. The molecule has 0 unspecified atom stereocenters. The first-order chi connectivity index (χ1) is 16.7. The van der Waals surface area contributed by atoms with Gasteiger partial charge in [-0.3, -0.25) is 9.59 Å². The molecular weight excluding hydrogens is 494 g/mol. The number of aliphatic hydroxyl groups excluding tert-OH is 1. The Hall–Kier alpha value is -3.28. The van der Waals surface area contributed by atoms with Crippen molar-refractivity contribution >= 4 is 17.5 Å². The van der Waals surface area contributed by atoms with Gasteiger partial charge in [-0.2, -0.15) is 26.3 Å². The van der Waals surface area contributed by atoms with Crippen LogP contribution in [0.3, 0.4) is 0 Å². The molecule has 12 heteroatoms. The maximum Gasteiger partial charge on any atom is 0.416 e. The molecule has 6 nitrogen and oxygen atoms in total. The van der Waals surface area contributed by atoms with E-state index in [0.717, 1.165) is 0 Å². The van der Waals surface area contributed by atoms with Crippen molar-refractivity contribution in [2.24, 2.45) is 5.92 Å². The summed E-state index contributed by atoms with van der Waals surface area (Å²) in [5.41, 5.74) is -3.39. The maximum atomic E-state index is 13.1. The highest BCUT2D eigenvalue weighted by molar-refractivity contribution is 6.02. The van der Waals surface area contributed by atoms with Gasteiger partial charge in [-0.25, -0.2) is 0 Å². The molecule has 1 aliphatic rings. The van der Waals surface area contributed by atoms with Gasteiger partial charge >= 0.3 is 12.4 Å². The summed E-state index contributed by atoms with van der Waals surface area (Å²) >= 11 is 0. The zero-order chi connectivity index (χ0) is 26.8. The molecule has 196 valence electrons. The minimum absolute atomic E-state index is 0.0127. The Kier molecular flexibility index (Phi) is 7.87. The Morgan fingerprint density at radius 3 is 2.31 bits per heavy atom. The van der Waals surface area contributed by atoms with Crippen LogP contribution < -0.4 is 10.1 Å². The second kappa shape index (κ2) is 10.4. The lowest BCUT2D eigenvalue weighted by atomic mass is 10.0. The van der Waals surface area contributed by atoms with Gasteiger partial charge in [0.2, 0.25) is 5.91 Å². The predicted octanol–water partition coefficient (Wildman–Crippen LogP) is 4.76. The third-order valence-corrected chi connectivity index (χ3v) is 5.61. The van der Waals surface area contributed by atoms with Crippen LogP contribution in [0.2, 0.25) is 0 Å². The van der Waals surface area contributed by atoms with Crippen molar-refractivity contribution in [2.45, 2.75) is 38.7 Å². The van der Waals surface area contributed by atoms with Crippen LogP contribution in [0.5, 0.6) is 5.75 Å². The number of nitrogens with zero attached hydrogens (tertiary/aromatic N) is 1. The molecule has 0 spiro atoms. The van der Waals surface area contributed by atoms with Crippen LogP contribution in [-0.2, 0) is 23.6 Å². The van der Waals surface area contributed by atoms with E-state index in [1.807, 2.05) is 6.92 Å². The smallest absolute Gasteiger partial charge is 0.416 e. The molecule has 1 aliphatic heterocycles. The number of amides is 2. The molecule has 2 aromatic rings. The Morgan fingerprint density at radius 1 is 1.14 bits per heavy atom. The Labute approximate surface area is 202 Å². The number of benzene rings is 2. The molecule has 3 rings (SSSR count). The molecule has 0 aromatic heterocycles. The summed E-state index contributed by atoms with van der Waals surface area (Å²) in [6.07, 6.45) is -10.9. The fourth-order valence-electron chi connectivity index (χ4n) is 3.79. The Morgan fingerprint density at radius 2 is 1.75 bits per heavy atom.